The molecule has 0 saturated heterocycles. The molecule has 0 saturated carbocycles. The number of hydrogen-bond acceptors (Lipinski definition) is 8. The van der Waals surface area contributed by atoms with Crippen LogP contribution in [0.1, 0.15) is 54.8 Å². The molecule has 4 aromatic rings. The molecule has 0 aliphatic heterocycles. The number of aryl methyl sites for hydroxylation is 3. The van der Waals surface area contributed by atoms with Crippen LogP contribution in [0.4, 0.5) is 11.8 Å². The molecule has 0 fully saturated rings. The molecule has 1 N–H and O–H groups in total. The summed E-state index contributed by atoms with van der Waals surface area (Å²) in [7, 11) is 1.84. The van der Waals surface area contributed by atoms with E-state index in [1.54, 1.807) is 4.68 Å². The maximum atomic E-state index is 12.6. The van der Waals surface area contributed by atoms with Gasteiger partial charge in [-0.3, -0.25) is 9.48 Å². The summed E-state index contributed by atoms with van der Waals surface area (Å²) in [6.07, 6.45) is 5.79. The monoisotopic (exact) mass is 445 g/mol. The minimum atomic E-state index is -0.229. The molecule has 33 heavy (non-hydrogen) atoms. The van der Waals surface area contributed by atoms with Crippen molar-refractivity contribution < 1.29 is 9.21 Å². The van der Waals surface area contributed by atoms with Crippen molar-refractivity contribution in [2.75, 3.05) is 5.32 Å². The zero-order chi connectivity index (χ0) is 23.6. The molecule has 1 aromatic carbocycles. The number of rotatable bonds is 7. The summed E-state index contributed by atoms with van der Waals surface area (Å²) in [5.74, 6) is 2.47. The summed E-state index contributed by atoms with van der Waals surface area (Å²) in [5.41, 5.74) is 2.79. The van der Waals surface area contributed by atoms with E-state index < -0.39 is 0 Å². The van der Waals surface area contributed by atoms with Gasteiger partial charge in [-0.2, -0.15) is 10.1 Å². The van der Waals surface area contributed by atoms with Crippen LogP contribution in [0.25, 0.3) is 11.4 Å². The average Bonchev–Trinajstić information content (AvgIpc) is 3.42. The van der Waals surface area contributed by atoms with Crippen molar-refractivity contribution in [3.8, 4) is 11.4 Å². The molecule has 9 heteroatoms. The van der Waals surface area contributed by atoms with Gasteiger partial charge < -0.3 is 9.73 Å². The molecule has 4 rings (SSSR count). The lowest BCUT2D eigenvalue weighted by Crippen LogP contribution is -2.11. The second-order valence-electron chi connectivity index (χ2n) is 8.98. The van der Waals surface area contributed by atoms with Gasteiger partial charge in [0.2, 0.25) is 5.95 Å². The van der Waals surface area contributed by atoms with E-state index in [0.29, 0.717) is 42.1 Å². The normalized spacial score (nSPS) is 11.5. The lowest BCUT2D eigenvalue weighted by atomic mass is 9.97. The maximum absolute atomic E-state index is 12.6. The lowest BCUT2D eigenvalue weighted by Gasteiger charge is -2.12. The number of Topliss-reactive ketones (excluding diaryl/α,β-unsaturated/α-hetero) is 1. The van der Waals surface area contributed by atoms with E-state index in [-0.39, 0.29) is 11.2 Å². The van der Waals surface area contributed by atoms with Crippen molar-refractivity contribution in [2.24, 2.45) is 7.05 Å². The first-order valence-corrected chi connectivity index (χ1v) is 10.7. The number of ketones is 1. The molecule has 3 aromatic heterocycles. The topological polar surface area (TPSA) is 112 Å². The molecule has 0 spiro atoms. The Bertz CT molecular complexity index is 1280. The van der Waals surface area contributed by atoms with Crippen LogP contribution in [-0.2, 0) is 18.9 Å². The molecule has 0 radical (unpaired) electrons. The Kier molecular flexibility index (Phi) is 6.04. The van der Waals surface area contributed by atoms with E-state index in [1.807, 2.05) is 65.2 Å². The molecular weight excluding hydrogens is 418 g/mol. The van der Waals surface area contributed by atoms with Crippen LogP contribution in [0.2, 0.25) is 0 Å². The smallest absolute Gasteiger partial charge is 0.231 e. The Morgan fingerprint density at radius 1 is 1.15 bits per heavy atom. The third kappa shape index (κ3) is 5.31. The Labute approximate surface area is 192 Å². The molecule has 3 heterocycles. The summed E-state index contributed by atoms with van der Waals surface area (Å²) < 4.78 is 7.36. The third-order valence-corrected chi connectivity index (χ3v) is 5.17. The molecule has 0 bridgehead atoms. The number of hydrogen-bond donors (Lipinski definition) is 1. The van der Waals surface area contributed by atoms with Gasteiger partial charge in [-0.05, 0) is 30.5 Å². The van der Waals surface area contributed by atoms with Gasteiger partial charge in [0, 0.05) is 36.7 Å². The number of carbonyl (C=O) groups is 1. The van der Waals surface area contributed by atoms with Gasteiger partial charge in [-0.1, -0.05) is 32.9 Å². The van der Waals surface area contributed by atoms with Gasteiger partial charge in [-0.15, -0.1) is 0 Å². The van der Waals surface area contributed by atoms with Crippen molar-refractivity contribution in [2.45, 2.75) is 46.0 Å². The lowest BCUT2D eigenvalue weighted by molar-refractivity contribution is 0.0952. The molecule has 0 aliphatic carbocycles. The fourth-order valence-electron chi connectivity index (χ4n) is 3.33. The summed E-state index contributed by atoms with van der Waals surface area (Å²) in [5, 5.41) is 7.35. The van der Waals surface area contributed by atoms with Crippen LogP contribution in [0, 0.1) is 6.92 Å². The van der Waals surface area contributed by atoms with Crippen molar-refractivity contribution in [1.29, 1.82) is 0 Å². The number of carbonyl (C=O) groups excluding carboxylic acids is 1. The zero-order valence-corrected chi connectivity index (χ0v) is 19.5. The van der Waals surface area contributed by atoms with Crippen LogP contribution in [-0.4, -0.2) is 35.5 Å². The Balaban J connectivity index is 1.43. The van der Waals surface area contributed by atoms with Crippen molar-refractivity contribution >= 4 is 17.5 Å². The molecule has 0 amide bonds. The molecule has 0 aliphatic rings. The Morgan fingerprint density at radius 3 is 2.64 bits per heavy atom. The van der Waals surface area contributed by atoms with Gasteiger partial charge in [0.15, 0.2) is 29.1 Å². The van der Waals surface area contributed by atoms with Crippen LogP contribution in [0.5, 0.6) is 0 Å². The highest BCUT2D eigenvalue weighted by Crippen LogP contribution is 2.24. The second-order valence-corrected chi connectivity index (χ2v) is 8.98. The van der Waals surface area contributed by atoms with E-state index in [1.165, 1.54) is 12.5 Å². The average molecular weight is 446 g/mol. The Morgan fingerprint density at radius 2 is 1.97 bits per heavy atom. The summed E-state index contributed by atoms with van der Waals surface area (Å²) >= 11 is 0. The molecule has 0 atom stereocenters. The van der Waals surface area contributed by atoms with Crippen molar-refractivity contribution in [3.05, 3.63) is 65.8 Å². The summed E-state index contributed by atoms with van der Waals surface area (Å²) in [6.45, 7) is 8.02. The van der Waals surface area contributed by atoms with Crippen molar-refractivity contribution in [3.63, 3.8) is 0 Å². The van der Waals surface area contributed by atoms with Crippen LogP contribution >= 0.6 is 0 Å². The Hall–Kier alpha value is -3.88. The number of benzene rings is 1. The van der Waals surface area contributed by atoms with Gasteiger partial charge in [0.05, 0.1) is 6.20 Å². The van der Waals surface area contributed by atoms with Gasteiger partial charge in [0.25, 0.3) is 0 Å². The van der Waals surface area contributed by atoms with Crippen LogP contribution in [0.15, 0.2) is 47.4 Å². The zero-order valence-electron chi connectivity index (χ0n) is 19.5. The van der Waals surface area contributed by atoms with E-state index in [2.05, 4.69) is 30.4 Å². The number of nitrogens with zero attached hydrogens (tertiary/aromatic N) is 6. The fourth-order valence-corrected chi connectivity index (χ4v) is 3.33. The minimum absolute atomic E-state index is 0.0517. The third-order valence-electron chi connectivity index (χ3n) is 5.17. The quantitative estimate of drug-likeness (QED) is 0.416. The molecular formula is C24H27N7O2. The number of nitrogens with one attached hydrogen (secondary N) is 1. The van der Waals surface area contributed by atoms with E-state index in [9.17, 15) is 4.79 Å². The predicted octanol–water partition coefficient (Wildman–Crippen LogP) is 4.43. The fraction of sp³-hybridized carbons (Fsp3) is 0.333. The standard InChI is InChI=1S/C24H27N7O2/c1-15-12-17(21-26-14-27-23(29-21)28-20-10-11-31(5)30-20)7-6-16(15)8-9-18(32)19-13-25-22(33-19)24(2,3)4/h6-7,10-14H,8-9H2,1-5H3,(H,26,27,28,29,30). The number of aromatic nitrogens is 6. The van der Waals surface area contributed by atoms with Gasteiger partial charge >= 0.3 is 0 Å². The highest BCUT2D eigenvalue weighted by molar-refractivity contribution is 5.93. The van der Waals surface area contributed by atoms with Crippen LogP contribution < -0.4 is 5.32 Å². The first-order valence-electron chi connectivity index (χ1n) is 10.7. The largest absolute Gasteiger partial charge is 0.437 e. The molecule has 9 nitrogen and oxygen atoms in total. The number of anilines is 2. The molecule has 170 valence electrons. The number of oxazole rings is 1. The van der Waals surface area contributed by atoms with Crippen molar-refractivity contribution in [1.82, 2.24) is 29.7 Å². The maximum Gasteiger partial charge on any atom is 0.231 e. The van der Waals surface area contributed by atoms with Crippen LogP contribution in [0.3, 0.4) is 0 Å². The molecule has 0 unspecified atom stereocenters. The SMILES string of the molecule is Cc1cc(-c2ncnc(Nc3ccn(C)n3)n2)ccc1CCC(=O)c1cnc(C(C)(C)C)o1. The minimum Gasteiger partial charge on any atom is -0.437 e. The second kappa shape index (κ2) is 8.93. The predicted molar refractivity (Wildman–Crippen MR) is 124 cm³/mol. The first kappa shape index (κ1) is 22.3. The summed E-state index contributed by atoms with van der Waals surface area (Å²) in [6, 6.07) is 7.83. The highest BCUT2D eigenvalue weighted by atomic mass is 16.4. The van der Waals surface area contributed by atoms with E-state index in [0.717, 1.165) is 16.7 Å². The first-order chi connectivity index (χ1) is 15.7. The highest BCUT2D eigenvalue weighted by Gasteiger charge is 2.22. The summed E-state index contributed by atoms with van der Waals surface area (Å²) in [4.78, 5) is 29.8. The van der Waals surface area contributed by atoms with Gasteiger partial charge in [-0.25, -0.2) is 15.0 Å². The van der Waals surface area contributed by atoms with E-state index in [4.69, 9.17) is 4.42 Å². The van der Waals surface area contributed by atoms with Gasteiger partial charge in [0.1, 0.15) is 6.33 Å². The van der Waals surface area contributed by atoms with E-state index >= 15 is 0 Å².